The van der Waals surface area contributed by atoms with Gasteiger partial charge in [-0.1, -0.05) is 6.92 Å². The van der Waals surface area contributed by atoms with E-state index in [1.165, 1.54) is 0 Å². The molecule has 0 bridgehead atoms. The van der Waals surface area contributed by atoms with E-state index >= 15 is 0 Å². The maximum absolute atomic E-state index is 11.5. The number of amides is 1. The van der Waals surface area contributed by atoms with Crippen LogP contribution in [0.3, 0.4) is 0 Å². The number of aromatic nitrogens is 3. The van der Waals surface area contributed by atoms with Crippen molar-refractivity contribution in [3.63, 3.8) is 0 Å². The highest BCUT2D eigenvalue weighted by Crippen LogP contribution is 1.93. The number of rotatable bonds is 6. The first-order valence-corrected chi connectivity index (χ1v) is 6.85. The van der Waals surface area contributed by atoms with Crippen molar-refractivity contribution in [1.82, 2.24) is 20.5 Å². The Morgan fingerprint density at radius 3 is 2.88 bits per heavy atom. The minimum Gasteiger partial charge on any atom is -0.349 e. The zero-order chi connectivity index (χ0) is 12.0. The van der Waals surface area contributed by atoms with Crippen molar-refractivity contribution >= 4 is 16.7 Å². The van der Waals surface area contributed by atoms with Crippen molar-refractivity contribution in [2.75, 3.05) is 18.6 Å². The molecule has 90 valence electrons. The fraction of sp³-hybridized carbons (Fsp3) is 0.667. The normalized spacial score (nSPS) is 12.4. The minimum absolute atomic E-state index is 0.162. The van der Waals surface area contributed by atoms with Crippen molar-refractivity contribution in [2.45, 2.75) is 19.8 Å². The molecule has 0 radical (unpaired) electrons. The Hall–Kier alpha value is -1.24. The van der Waals surface area contributed by atoms with Crippen molar-refractivity contribution in [2.24, 2.45) is 0 Å². The summed E-state index contributed by atoms with van der Waals surface area (Å²) in [6, 6.07) is 0. The van der Waals surface area contributed by atoms with Crippen LogP contribution in [0.2, 0.25) is 0 Å². The van der Waals surface area contributed by atoms with E-state index in [0.29, 0.717) is 24.5 Å². The van der Waals surface area contributed by atoms with E-state index < -0.39 is 10.8 Å². The first-order chi connectivity index (χ1) is 7.63. The zero-order valence-electron chi connectivity index (χ0n) is 9.45. The number of aryl methyl sites for hydroxylation is 1. The Balaban J connectivity index is 2.32. The predicted octanol–water partition coefficient (Wildman–Crippen LogP) is -0.135. The molecule has 2 N–H and O–H groups in total. The summed E-state index contributed by atoms with van der Waals surface area (Å²) in [7, 11) is -0.811. The molecule has 16 heavy (non-hydrogen) atoms. The van der Waals surface area contributed by atoms with Crippen molar-refractivity contribution in [3.05, 3.63) is 11.6 Å². The second kappa shape index (κ2) is 6.37. The van der Waals surface area contributed by atoms with Gasteiger partial charge >= 0.3 is 0 Å². The molecule has 1 atom stereocenters. The highest BCUT2D eigenvalue weighted by atomic mass is 32.2. The first-order valence-electron chi connectivity index (χ1n) is 5.13. The molecule has 1 aromatic heterocycles. The maximum Gasteiger partial charge on any atom is 0.290 e. The molecule has 1 rings (SSSR count). The molecule has 1 amide bonds. The number of nitrogens with zero attached hydrogens (tertiary/aromatic N) is 2. The molecule has 6 nitrogen and oxygen atoms in total. The molecule has 0 aromatic carbocycles. The second-order valence-corrected chi connectivity index (χ2v) is 4.90. The van der Waals surface area contributed by atoms with E-state index in [9.17, 15) is 9.00 Å². The molecule has 0 saturated carbocycles. The second-order valence-electron chi connectivity index (χ2n) is 3.35. The molecular formula is C9H16N4O2S. The van der Waals surface area contributed by atoms with Gasteiger partial charge in [0, 0.05) is 35.8 Å². The lowest BCUT2D eigenvalue weighted by Gasteiger charge is -2.00. The molecule has 0 saturated heterocycles. The van der Waals surface area contributed by atoms with E-state index in [1.54, 1.807) is 6.26 Å². The predicted molar refractivity (Wildman–Crippen MR) is 61.6 cm³/mol. The highest BCUT2D eigenvalue weighted by Gasteiger charge is 2.10. The third-order valence-corrected chi connectivity index (χ3v) is 2.83. The van der Waals surface area contributed by atoms with Crippen LogP contribution in [0.5, 0.6) is 0 Å². The van der Waals surface area contributed by atoms with Crippen molar-refractivity contribution in [1.29, 1.82) is 0 Å². The van der Waals surface area contributed by atoms with E-state index in [2.05, 4.69) is 20.5 Å². The van der Waals surface area contributed by atoms with Crippen LogP contribution in [-0.2, 0) is 17.2 Å². The average Bonchev–Trinajstić information content (AvgIpc) is 2.72. The molecule has 7 heteroatoms. The van der Waals surface area contributed by atoms with Gasteiger partial charge < -0.3 is 5.32 Å². The number of H-pyrrole nitrogens is 1. The summed E-state index contributed by atoms with van der Waals surface area (Å²) in [5.41, 5.74) is 0. The Kier molecular flexibility index (Phi) is 5.10. The number of aromatic amines is 1. The Bertz CT molecular complexity index is 377. The standard InChI is InChI=1S/C9H16N4O2S/c1-3-7-11-8(13-12-7)9(14)10-5-4-6-16(2)15/h3-6H2,1-2H3,(H,10,14)(H,11,12,13). The van der Waals surface area contributed by atoms with Gasteiger partial charge in [0.25, 0.3) is 5.91 Å². The lowest BCUT2D eigenvalue weighted by atomic mass is 10.4. The fourth-order valence-corrected chi connectivity index (χ4v) is 1.66. The van der Waals surface area contributed by atoms with Gasteiger partial charge in [-0.2, -0.15) is 0 Å². The van der Waals surface area contributed by atoms with Crippen LogP contribution in [0.25, 0.3) is 0 Å². The third kappa shape index (κ3) is 4.09. The minimum atomic E-state index is -0.811. The van der Waals surface area contributed by atoms with Gasteiger partial charge in [0.15, 0.2) is 0 Å². The molecule has 0 fully saturated rings. The number of carbonyl (C=O) groups is 1. The van der Waals surface area contributed by atoms with E-state index in [0.717, 1.165) is 6.42 Å². The Morgan fingerprint density at radius 2 is 2.31 bits per heavy atom. The highest BCUT2D eigenvalue weighted by molar-refractivity contribution is 7.84. The number of hydrogen-bond acceptors (Lipinski definition) is 4. The topological polar surface area (TPSA) is 87.7 Å². The average molecular weight is 244 g/mol. The lowest BCUT2D eigenvalue weighted by molar-refractivity contribution is 0.0943. The number of nitrogens with one attached hydrogen (secondary N) is 2. The van der Waals surface area contributed by atoms with Crippen LogP contribution < -0.4 is 5.32 Å². The van der Waals surface area contributed by atoms with Gasteiger partial charge in [-0.3, -0.25) is 14.1 Å². The van der Waals surface area contributed by atoms with Gasteiger partial charge in [-0.05, 0) is 6.42 Å². The lowest BCUT2D eigenvalue weighted by Crippen LogP contribution is -2.26. The molecule has 0 aliphatic rings. The molecule has 1 unspecified atom stereocenters. The third-order valence-electron chi connectivity index (χ3n) is 1.96. The summed E-state index contributed by atoms with van der Waals surface area (Å²) in [5.74, 6) is 1.15. The van der Waals surface area contributed by atoms with Crippen LogP contribution in [0.15, 0.2) is 0 Å². The number of carbonyl (C=O) groups excluding carboxylic acids is 1. The molecule has 1 aromatic rings. The first kappa shape index (κ1) is 12.8. The van der Waals surface area contributed by atoms with Gasteiger partial charge in [-0.15, -0.1) is 5.10 Å². The van der Waals surface area contributed by atoms with Gasteiger partial charge in [0.2, 0.25) is 5.82 Å². The zero-order valence-corrected chi connectivity index (χ0v) is 10.3. The summed E-state index contributed by atoms with van der Waals surface area (Å²) in [6.07, 6.45) is 3.06. The largest absolute Gasteiger partial charge is 0.349 e. The molecule has 0 spiro atoms. The van der Waals surface area contributed by atoms with E-state index in [4.69, 9.17) is 0 Å². The molecular weight excluding hydrogens is 228 g/mol. The smallest absolute Gasteiger partial charge is 0.290 e. The maximum atomic E-state index is 11.5. The monoisotopic (exact) mass is 244 g/mol. The molecule has 0 aliphatic carbocycles. The summed E-state index contributed by atoms with van der Waals surface area (Å²) < 4.78 is 10.8. The van der Waals surface area contributed by atoms with Crippen LogP contribution in [0, 0.1) is 0 Å². The fourth-order valence-electron chi connectivity index (χ4n) is 1.11. The van der Waals surface area contributed by atoms with Gasteiger partial charge in [-0.25, -0.2) is 4.98 Å². The van der Waals surface area contributed by atoms with E-state index in [1.807, 2.05) is 6.92 Å². The summed E-state index contributed by atoms with van der Waals surface area (Å²) >= 11 is 0. The Labute approximate surface area is 96.7 Å². The van der Waals surface area contributed by atoms with Crippen LogP contribution >= 0.6 is 0 Å². The summed E-state index contributed by atoms with van der Waals surface area (Å²) in [5, 5.41) is 9.14. The van der Waals surface area contributed by atoms with Gasteiger partial charge in [0.1, 0.15) is 5.82 Å². The molecule has 0 aliphatic heterocycles. The van der Waals surface area contributed by atoms with Crippen LogP contribution in [-0.4, -0.2) is 43.9 Å². The summed E-state index contributed by atoms with van der Waals surface area (Å²) in [6.45, 7) is 2.42. The Morgan fingerprint density at radius 1 is 1.56 bits per heavy atom. The van der Waals surface area contributed by atoms with Crippen LogP contribution in [0.1, 0.15) is 29.8 Å². The van der Waals surface area contributed by atoms with Crippen molar-refractivity contribution < 1.29 is 9.00 Å². The summed E-state index contributed by atoms with van der Waals surface area (Å²) in [4.78, 5) is 15.5. The van der Waals surface area contributed by atoms with Crippen LogP contribution in [0.4, 0.5) is 0 Å². The van der Waals surface area contributed by atoms with Gasteiger partial charge in [0.05, 0.1) is 0 Å². The van der Waals surface area contributed by atoms with Crippen molar-refractivity contribution in [3.8, 4) is 0 Å². The number of hydrogen-bond donors (Lipinski definition) is 2. The quantitative estimate of drug-likeness (QED) is 0.682. The van der Waals surface area contributed by atoms with E-state index in [-0.39, 0.29) is 11.7 Å². The molecule has 1 heterocycles. The SMILES string of the molecule is CCc1nc(C(=O)NCCCS(C)=O)n[nH]1.